The maximum Gasteiger partial charge on any atom is 0.200 e. The molecule has 0 radical (unpaired) electrons. The van der Waals surface area contributed by atoms with E-state index < -0.39 is 54.2 Å². The summed E-state index contributed by atoms with van der Waals surface area (Å²) in [6.07, 6.45) is -0.970. The van der Waals surface area contributed by atoms with Gasteiger partial charge in [-0.2, -0.15) is 5.21 Å². The monoisotopic (exact) mass is 483 g/mol. The van der Waals surface area contributed by atoms with E-state index in [1.807, 2.05) is 0 Å². The number of ether oxygens (including phenoxy) is 3. The molecule has 0 aliphatic carbocycles. The molecule has 3 N–H and O–H groups in total. The summed E-state index contributed by atoms with van der Waals surface area (Å²) in [5, 5.41) is 42.3. The number of hydrogen-bond acceptors (Lipinski definition) is 10. The van der Waals surface area contributed by atoms with Gasteiger partial charge >= 0.3 is 0 Å². The van der Waals surface area contributed by atoms with E-state index in [1.54, 1.807) is 0 Å². The molecule has 4 heterocycles. The minimum atomic E-state index is -1.60. The first-order valence-electron chi connectivity index (χ1n) is 10.4. The Balaban J connectivity index is 1.52. The van der Waals surface area contributed by atoms with Crippen LogP contribution in [-0.2, 0) is 20.8 Å². The molecule has 0 amide bonds. The third-order valence-corrected chi connectivity index (χ3v) is 5.90. The Bertz CT molecular complexity index is 1120. The lowest BCUT2D eigenvalue weighted by molar-refractivity contribution is -0.348. The average Bonchev–Trinajstić information content (AvgIpc) is 3.60. The average molecular weight is 483 g/mol. The van der Waals surface area contributed by atoms with E-state index in [0.29, 0.717) is 19.4 Å². The highest BCUT2D eigenvalue weighted by Gasteiger charge is 2.58. The summed E-state index contributed by atoms with van der Waals surface area (Å²) in [6.45, 7) is -0.269. The minimum Gasteiger partial charge on any atom is -0.394 e. The zero-order valence-electron chi connectivity index (χ0n) is 17.5. The smallest absolute Gasteiger partial charge is 0.200 e. The topological polar surface area (TPSA) is 153 Å². The summed E-state index contributed by atoms with van der Waals surface area (Å²) in [7, 11) is 0. The van der Waals surface area contributed by atoms with Crippen molar-refractivity contribution in [1.82, 2.24) is 35.6 Å². The number of aromatic amines is 1. The Morgan fingerprint density at radius 2 is 2.03 bits per heavy atom. The summed E-state index contributed by atoms with van der Waals surface area (Å²) in [5.41, 5.74) is -0.0330. The van der Waals surface area contributed by atoms with Crippen LogP contribution in [0.25, 0.3) is 11.3 Å². The van der Waals surface area contributed by atoms with E-state index in [0.717, 1.165) is 12.1 Å². The van der Waals surface area contributed by atoms with Crippen molar-refractivity contribution >= 4 is 0 Å². The fourth-order valence-corrected chi connectivity index (χ4v) is 4.34. The lowest BCUT2D eigenvalue weighted by atomic mass is 9.88. The van der Waals surface area contributed by atoms with E-state index in [2.05, 4.69) is 30.9 Å². The lowest BCUT2D eigenvalue weighted by Crippen LogP contribution is -2.63. The molecule has 1 aromatic carbocycles. The molecule has 182 valence electrons. The van der Waals surface area contributed by atoms with Gasteiger partial charge in [0.15, 0.2) is 29.1 Å². The van der Waals surface area contributed by atoms with Crippen molar-refractivity contribution in [3.05, 3.63) is 41.6 Å². The Hall–Kier alpha value is -2.98. The van der Waals surface area contributed by atoms with Gasteiger partial charge in [0.2, 0.25) is 0 Å². The molecule has 3 aromatic rings. The quantitative estimate of drug-likeness (QED) is 0.416. The molecule has 0 unspecified atom stereocenters. The lowest BCUT2D eigenvalue weighted by Gasteiger charge is -2.49. The molecule has 15 heteroatoms. The predicted octanol–water partition coefficient (Wildman–Crippen LogP) is 0.261. The maximum atomic E-state index is 13.7. The fourth-order valence-electron chi connectivity index (χ4n) is 4.34. The van der Waals surface area contributed by atoms with Crippen LogP contribution in [0.15, 0.2) is 18.3 Å². The number of rotatable bonds is 6. The molecular weight excluding hydrogens is 463 g/mol. The molecule has 2 saturated heterocycles. The molecule has 34 heavy (non-hydrogen) atoms. The first-order valence-corrected chi connectivity index (χ1v) is 10.4. The SMILES string of the molecule is OC[C@H]1O[C@@]2(CCCO2)[C@H](OCc2nn[nH]n2)[C@@H](n2cc(-c3cc(F)c(F)c(F)c3)nn2)[C@H]1O. The van der Waals surface area contributed by atoms with Crippen LogP contribution in [0, 0.1) is 17.5 Å². The van der Waals surface area contributed by atoms with E-state index >= 15 is 0 Å². The minimum absolute atomic E-state index is 0.0235. The van der Waals surface area contributed by atoms with Crippen LogP contribution < -0.4 is 0 Å². The number of benzene rings is 1. The third-order valence-electron chi connectivity index (χ3n) is 5.90. The van der Waals surface area contributed by atoms with Crippen LogP contribution in [0.2, 0.25) is 0 Å². The normalized spacial score (nSPS) is 29.2. The molecule has 2 aliphatic heterocycles. The first-order chi connectivity index (χ1) is 16.4. The number of aliphatic hydroxyl groups is 2. The largest absolute Gasteiger partial charge is 0.394 e. The van der Waals surface area contributed by atoms with Gasteiger partial charge in [-0.25, -0.2) is 17.9 Å². The summed E-state index contributed by atoms with van der Waals surface area (Å²) in [5.74, 6) is -5.44. The summed E-state index contributed by atoms with van der Waals surface area (Å²) >= 11 is 0. The second-order valence-electron chi connectivity index (χ2n) is 7.98. The molecule has 5 rings (SSSR count). The van der Waals surface area contributed by atoms with Gasteiger partial charge in [-0.3, -0.25) is 0 Å². The van der Waals surface area contributed by atoms with Crippen molar-refractivity contribution in [2.45, 2.75) is 49.6 Å². The zero-order valence-corrected chi connectivity index (χ0v) is 17.5. The molecule has 5 atom stereocenters. The van der Waals surface area contributed by atoms with Gasteiger partial charge in [0.1, 0.15) is 36.7 Å². The van der Waals surface area contributed by atoms with Gasteiger partial charge in [0.25, 0.3) is 0 Å². The fraction of sp³-hybridized carbons (Fsp3) is 0.526. The Morgan fingerprint density at radius 1 is 1.24 bits per heavy atom. The van der Waals surface area contributed by atoms with E-state index in [-0.39, 0.29) is 23.7 Å². The van der Waals surface area contributed by atoms with E-state index in [4.69, 9.17) is 14.2 Å². The van der Waals surface area contributed by atoms with Crippen molar-refractivity contribution in [2.24, 2.45) is 0 Å². The van der Waals surface area contributed by atoms with Crippen molar-refractivity contribution in [3.8, 4) is 11.3 Å². The number of halogens is 3. The van der Waals surface area contributed by atoms with E-state index in [9.17, 15) is 23.4 Å². The third kappa shape index (κ3) is 3.94. The van der Waals surface area contributed by atoms with Crippen LogP contribution >= 0.6 is 0 Å². The van der Waals surface area contributed by atoms with E-state index in [1.165, 1.54) is 10.9 Å². The molecule has 2 aliphatic rings. The number of aromatic nitrogens is 7. The van der Waals surface area contributed by atoms with Gasteiger partial charge in [-0.15, -0.1) is 15.3 Å². The van der Waals surface area contributed by atoms with Crippen molar-refractivity contribution < 1.29 is 37.6 Å². The van der Waals surface area contributed by atoms with Crippen LogP contribution in [0.1, 0.15) is 24.7 Å². The van der Waals surface area contributed by atoms with Crippen LogP contribution in [0.4, 0.5) is 13.2 Å². The molecular formula is C19H20F3N7O5. The van der Waals surface area contributed by atoms with Gasteiger partial charge in [-0.1, -0.05) is 10.4 Å². The number of nitrogens with zero attached hydrogens (tertiary/aromatic N) is 6. The highest BCUT2D eigenvalue weighted by molar-refractivity contribution is 5.57. The molecule has 2 aromatic heterocycles. The summed E-state index contributed by atoms with van der Waals surface area (Å²) in [4.78, 5) is 0. The van der Waals surface area contributed by atoms with Crippen LogP contribution in [-0.4, -0.2) is 83.1 Å². The number of H-pyrrole nitrogens is 1. The van der Waals surface area contributed by atoms with Crippen LogP contribution in [0.3, 0.4) is 0 Å². The number of aliphatic hydroxyl groups excluding tert-OH is 2. The Labute approximate surface area is 189 Å². The Kier molecular flexibility index (Phi) is 6.03. The second-order valence-corrected chi connectivity index (χ2v) is 7.98. The highest BCUT2D eigenvalue weighted by Crippen LogP contribution is 2.45. The van der Waals surface area contributed by atoms with Crippen molar-refractivity contribution in [3.63, 3.8) is 0 Å². The molecule has 2 fully saturated rings. The number of tetrazole rings is 1. The first kappa shape index (κ1) is 22.8. The number of hydrogen-bond donors (Lipinski definition) is 3. The molecule has 0 saturated carbocycles. The summed E-state index contributed by atoms with van der Waals surface area (Å²) < 4.78 is 60.0. The molecule has 1 spiro atoms. The Morgan fingerprint density at radius 3 is 2.68 bits per heavy atom. The zero-order chi connectivity index (χ0) is 23.9. The second kappa shape index (κ2) is 8.99. The van der Waals surface area contributed by atoms with Gasteiger partial charge in [0, 0.05) is 12.0 Å². The highest BCUT2D eigenvalue weighted by atomic mass is 19.2. The molecule has 0 bridgehead atoms. The van der Waals surface area contributed by atoms with Gasteiger partial charge in [-0.05, 0) is 18.6 Å². The summed E-state index contributed by atoms with van der Waals surface area (Å²) in [6, 6.07) is 0.581. The van der Waals surface area contributed by atoms with Crippen LogP contribution in [0.5, 0.6) is 0 Å². The predicted molar refractivity (Wildman–Crippen MR) is 103 cm³/mol. The van der Waals surface area contributed by atoms with Gasteiger partial charge < -0.3 is 24.4 Å². The van der Waals surface area contributed by atoms with Crippen molar-refractivity contribution in [1.29, 1.82) is 0 Å². The molecule has 12 nitrogen and oxygen atoms in total. The maximum absolute atomic E-state index is 13.7. The standard InChI is InChI=1S/C19H20F3N7O5/c20-10-4-9(5-11(21)15(10)22)12-6-29(28-23-12)16-17(31)13(7-30)34-19(2-1-3-33-19)18(16)32-8-14-24-26-27-25-14/h4-6,13,16-18,30-31H,1-3,7-8H2,(H,24,25,26,27)/t13-,16+,17+,18-,19+/m1/s1. The van der Waals surface area contributed by atoms with Gasteiger partial charge in [0.05, 0.1) is 19.4 Å². The van der Waals surface area contributed by atoms with Crippen molar-refractivity contribution in [2.75, 3.05) is 13.2 Å². The number of nitrogens with one attached hydrogen (secondary N) is 1.